The molecule has 0 spiro atoms. The molecule has 0 bridgehead atoms. The topological polar surface area (TPSA) is 49.7 Å². The van der Waals surface area contributed by atoms with Gasteiger partial charge in [0.05, 0.1) is 11.7 Å². The van der Waals surface area contributed by atoms with Gasteiger partial charge < -0.3 is 14.9 Å². The molecule has 0 aromatic rings. The predicted molar refractivity (Wildman–Crippen MR) is 120 cm³/mol. The van der Waals surface area contributed by atoms with Crippen LogP contribution in [0.2, 0.25) is 0 Å². The molecule has 0 amide bonds. The molecule has 1 saturated heterocycles. The van der Waals surface area contributed by atoms with Crippen LogP contribution < -0.4 is 0 Å². The first-order valence-electron chi connectivity index (χ1n) is 13.0. The molecule has 170 valence electrons. The number of hydrogen-bond donors (Lipinski definition) is 2. The van der Waals surface area contributed by atoms with Crippen molar-refractivity contribution in [2.45, 2.75) is 109 Å². The van der Waals surface area contributed by atoms with Crippen molar-refractivity contribution in [3.63, 3.8) is 0 Å². The van der Waals surface area contributed by atoms with Gasteiger partial charge in [-0.25, -0.2) is 0 Å². The van der Waals surface area contributed by atoms with E-state index in [-0.39, 0.29) is 6.10 Å². The Bertz CT molecular complexity index is 665. The van der Waals surface area contributed by atoms with E-state index in [1.807, 2.05) is 0 Å². The Morgan fingerprint density at radius 3 is 2.60 bits per heavy atom. The summed E-state index contributed by atoms with van der Waals surface area (Å²) in [5, 5.41) is 21.1. The molecular formula is C27H44O3. The van der Waals surface area contributed by atoms with E-state index in [0.29, 0.717) is 10.8 Å². The van der Waals surface area contributed by atoms with Crippen LogP contribution in [-0.2, 0) is 4.74 Å². The van der Waals surface area contributed by atoms with Gasteiger partial charge in [0.2, 0.25) is 0 Å². The number of aliphatic hydroxyl groups is 2. The third-order valence-electron chi connectivity index (χ3n) is 10.9. The smallest absolute Gasteiger partial charge is 0.0691 e. The van der Waals surface area contributed by atoms with E-state index in [1.165, 1.54) is 51.4 Å². The zero-order chi connectivity index (χ0) is 21.0. The Kier molecular flexibility index (Phi) is 5.64. The van der Waals surface area contributed by atoms with Crippen molar-refractivity contribution in [3.8, 4) is 0 Å². The second kappa shape index (κ2) is 7.89. The maximum atomic E-state index is 10.8. The summed E-state index contributed by atoms with van der Waals surface area (Å²) in [4.78, 5) is 0. The van der Waals surface area contributed by atoms with E-state index in [0.717, 1.165) is 69.0 Å². The third kappa shape index (κ3) is 3.52. The zero-order valence-electron chi connectivity index (χ0n) is 19.4. The summed E-state index contributed by atoms with van der Waals surface area (Å²) in [6, 6.07) is 0. The monoisotopic (exact) mass is 416 g/mol. The summed E-state index contributed by atoms with van der Waals surface area (Å²) >= 11 is 0. The van der Waals surface area contributed by atoms with Gasteiger partial charge >= 0.3 is 0 Å². The molecule has 4 fully saturated rings. The van der Waals surface area contributed by atoms with Crippen molar-refractivity contribution in [3.05, 3.63) is 11.6 Å². The van der Waals surface area contributed by atoms with E-state index >= 15 is 0 Å². The molecule has 3 heteroatoms. The van der Waals surface area contributed by atoms with Crippen molar-refractivity contribution in [1.29, 1.82) is 0 Å². The first-order chi connectivity index (χ1) is 14.3. The van der Waals surface area contributed by atoms with Crippen LogP contribution in [0.5, 0.6) is 0 Å². The summed E-state index contributed by atoms with van der Waals surface area (Å²) < 4.78 is 5.45. The molecule has 3 saturated carbocycles. The molecule has 5 unspecified atom stereocenters. The Labute approximate surface area is 183 Å². The van der Waals surface area contributed by atoms with Crippen molar-refractivity contribution in [2.24, 2.45) is 34.5 Å². The number of allylic oxidation sites excluding steroid dienone is 1. The van der Waals surface area contributed by atoms with Gasteiger partial charge in [-0.3, -0.25) is 0 Å². The quantitative estimate of drug-likeness (QED) is 0.583. The van der Waals surface area contributed by atoms with Crippen molar-refractivity contribution >= 4 is 0 Å². The Balaban J connectivity index is 1.25. The number of fused-ring (bicyclic) bond motifs is 5. The highest BCUT2D eigenvalue weighted by atomic mass is 16.5. The van der Waals surface area contributed by atoms with Gasteiger partial charge in [0, 0.05) is 13.2 Å². The van der Waals surface area contributed by atoms with Crippen LogP contribution in [-0.4, -0.2) is 35.1 Å². The summed E-state index contributed by atoms with van der Waals surface area (Å²) in [7, 11) is 0. The van der Waals surface area contributed by atoms with Crippen molar-refractivity contribution in [2.75, 3.05) is 13.2 Å². The average molecular weight is 417 g/mol. The highest BCUT2D eigenvalue weighted by molar-refractivity contribution is 5.25. The van der Waals surface area contributed by atoms with E-state index in [1.54, 1.807) is 5.57 Å². The molecular weight excluding hydrogens is 372 g/mol. The lowest BCUT2D eigenvalue weighted by molar-refractivity contribution is -0.0722. The third-order valence-corrected chi connectivity index (χ3v) is 10.9. The molecule has 3 nitrogen and oxygen atoms in total. The van der Waals surface area contributed by atoms with Crippen LogP contribution in [0, 0.1) is 34.5 Å². The normalized spacial score (nSPS) is 47.7. The van der Waals surface area contributed by atoms with Crippen LogP contribution in [0.3, 0.4) is 0 Å². The second-order valence-electron chi connectivity index (χ2n) is 12.2. The Morgan fingerprint density at radius 2 is 1.80 bits per heavy atom. The minimum absolute atomic E-state index is 0.101. The van der Waals surface area contributed by atoms with Gasteiger partial charge in [0.25, 0.3) is 0 Å². The van der Waals surface area contributed by atoms with Gasteiger partial charge in [-0.05, 0) is 112 Å². The number of hydrogen-bond acceptors (Lipinski definition) is 3. The highest BCUT2D eigenvalue weighted by Gasteiger charge is 2.58. The summed E-state index contributed by atoms with van der Waals surface area (Å²) in [5.74, 6) is 3.43. The van der Waals surface area contributed by atoms with Gasteiger partial charge in [-0.2, -0.15) is 0 Å². The Hall–Kier alpha value is -0.380. The maximum absolute atomic E-state index is 10.8. The lowest BCUT2D eigenvalue weighted by Crippen LogP contribution is -2.50. The molecule has 7 atom stereocenters. The van der Waals surface area contributed by atoms with Gasteiger partial charge in [-0.15, -0.1) is 0 Å². The first kappa shape index (κ1) is 21.5. The maximum Gasteiger partial charge on any atom is 0.0691 e. The van der Waals surface area contributed by atoms with Crippen LogP contribution in [0.1, 0.15) is 97.3 Å². The van der Waals surface area contributed by atoms with E-state index in [4.69, 9.17) is 4.74 Å². The number of rotatable bonds is 4. The molecule has 1 heterocycles. The highest BCUT2D eigenvalue weighted by Crippen LogP contribution is 2.66. The SMILES string of the molecule is CC12CCC3C(CC=C4C[C@@H](O)CC[C@@]43C)C1CCC2CCCC1(O)CCOCC1. The van der Waals surface area contributed by atoms with E-state index < -0.39 is 5.60 Å². The Morgan fingerprint density at radius 1 is 1.00 bits per heavy atom. The average Bonchev–Trinajstić information content (AvgIpc) is 3.05. The summed E-state index contributed by atoms with van der Waals surface area (Å²) in [6.45, 7) is 6.62. The predicted octanol–water partition coefficient (Wildman–Crippen LogP) is 5.64. The van der Waals surface area contributed by atoms with Gasteiger partial charge in [0.1, 0.15) is 0 Å². The molecule has 0 aromatic carbocycles. The van der Waals surface area contributed by atoms with Gasteiger partial charge in [0.15, 0.2) is 0 Å². The fraction of sp³-hybridized carbons (Fsp3) is 0.926. The fourth-order valence-electron chi connectivity index (χ4n) is 8.90. The zero-order valence-corrected chi connectivity index (χ0v) is 19.4. The van der Waals surface area contributed by atoms with Crippen LogP contribution in [0.4, 0.5) is 0 Å². The molecule has 1 aliphatic heterocycles. The first-order valence-corrected chi connectivity index (χ1v) is 13.0. The molecule has 2 N–H and O–H groups in total. The fourth-order valence-corrected chi connectivity index (χ4v) is 8.90. The molecule has 5 aliphatic rings. The van der Waals surface area contributed by atoms with Gasteiger partial charge in [-0.1, -0.05) is 31.9 Å². The molecule has 0 radical (unpaired) electrons. The largest absolute Gasteiger partial charge is 0.393 e. The molecule has 30 heavy (non-hydrogen) atoms. The molecule has 5 rings (SSSR count). The second-order valence-corrected chi connectivity index (χ2v) is 12.2. The minimum Gasteiger partial charge on any atom is -0.393 e. The number of aliphatic hydroxyl groups excluding tert-OH is 1. The lowest BCUT2D eigenvalue weighted by Gasteiger charge is -2.58. The van der Waals surface area contributed by atoms with E-state index in [2.05, 4.69) is 19.9 Å². The lowest BCUT2D eigenvalue weighted by atomic mass is 9.47. The molecule has 0 aromatic heterocycles. The number of ether oxygens (including phenoxy) is 1. The van der Waals surface area contributed by atoms with Crippen LogP contribution >= 0.6 is 0 Å². The summed E-state index contributed by atoms with van der Waals surface area (Å²) in [5.41, 5.74) is 1.99. The van der Waals surface area contributed by atoms with Crippen LogP contribution in [0.15, 0.2) is 11.6 Å². The van der Waals surface area contributed by atoms with Crippen molar-refractivity contribution in [1.82, 2.24) is 0 Å². The van der Waals surface area contributed by atoms with E-state index in [9.17, 15) is 10.2 Å². The minimum atomic E-state index is -0.459. The standard InChI is InChI=1S/C27H44O3/c1-25-13-10-24-22(7-5-20-18-21(28)9-12-26(20,24)2)23(25)8-6-19(25)4-3-11-27(29)14-16-30-17-15-27/h5,19,21-24,28-29H,3-4,6-18H2,1-2H3/t19?,21-,22?,23?,24?,25?,26-/m0/s1. The van der Waals surface area contributed by atoms with Crippen molar-refractivity contribution < 1.29 is 14.9 Å². The summed E-state index contributed by atoms with van der Waals surface area (Å²) in [6.07, 6.45) is 17.5. The molecule has 4 aliphatic carbocycles. The van der Waals surface area contributed by atoms with Crippen LogP contribution in [0.25, 0.3) is 0 Å².